The number of nitrogens with one attached hydrogen (secondary N) is 1. The first-order chi connectivity index (χ1) is 12.4. The van der Waals surface area contributed by atoms with E-state index in [-0.39, 0.29) is 17.2 Å². The van der Waals surface area contributed by atoms with Crippen LogP contribution in [0.25, 0.3) is 10.2 Å². The summed E-state index contributed by atoms with van der Waals surface area (Å²) in [4.78, 5) is 31.2. The largest absolute Gasteiger partial charge is 0.351 e. The molecule has 0 aliphatic heterocycles. The number of thiophene rings is 1. The number of carbonyl (C=O) groups is 1. The molecule has 0 bridgehead atoms. The summed E-state index contributed by atoms with van der Waals surface area (Å²) in [6.07, 6.45) is 0. The summed E-state index contributed by atoms with van der Waals surface area (Å²) in [7, 11) is 1.70. The lowest BCUT2D eigenvalue weighted by Gasteiger charge is -2.09. The molecule has 2 heterocycles. The first-order valence-corrected chi connectivity index (χ1v) is 10.1. The summed E-state index contributed by atoms with van der Waals surface area (Å²) in [6, 6.07) is 7.97. The maximum atomic E-state index is 12.6. The van der Waals surface area contributed by atoms with Crippen molar-refractivity contribution in [2.75, 3.05) is 5.75 Å². The fraction of sp³-hybridized carbons (Fsp3) is 0.316. The third kappa shape index (κ3) is 3.68. The van der Waals surface area contributed by atoms with Crippen LogP contribution in [0.2, 0.25) is 0 Å². The van der Waals surface area contributed by atoms with Crippen LogP contribution in [-0.2, 0) is 18.4 Å². The van der Waals surface area contributed by atoms with E-state index >= 15 is 0 Å². The molecule has 0 saturated carbocycles. The summed E-state index contributed by atoms with van der Waals surface area (Å²) in [5, 5.41) is 4.17. The van der Waals surface area contributed by atoms with Gasteiger partial charge in [-0.05, 0) is 37.5 Å². The van der Waals surface area contributed by atoms with Gasteiger partial charge in [0, 0.05) is 18.5 Å². The van der Waals surface area contributed by atoms with Crippen molar-refractivity contribution in [2.24, 2.45) is 7.05 Å². The molecular formula is C19H21N3O2S2. The SMILES string of the molecule is Cc1ccccc1CNC(=O)CSc1nc2sc(C)c(C)c2c(=O)n1C. The van der Waals surface area contributed by atoms with Crippen molar-refractivity contribution in [3.05, 3.63) is 56.2 Å². The molecule has 1 aromatic carbocycles. The van der Waals surface area contributed by atoms with Crippen molar-refractivity contribution in [1.29, 1.82) is 0 Å². The standard InChI is InChI=1S/C19H21N3O2S2/c1-11-7-5-6-8-14(11)9-20-15(23)10-25-19-21-17-16(18(24)22(19)4)12(2)13(3)26-17/h5-8H,9-10H2,1-4H3,(H,20,23). The Balaban J connectivity index is 1.69. The molecule has 0 aliphatic rings. The zero-order valence-electron chi connectivity index (χ0n) is 15.3. The van der Waals surface area contributed by atoms with E-state index in [0.717, 1.165) is 26.4 Å². The predicted octanol–water partition coefficient (Wildman–Crippen LogP) is 3.33. The van der Waals surface area contributed by atoms with E-state index in [0.29, 0.717) is 17.1 Å². The van der Waals surface area contributed by atoms with Gasteiger partial charge in [0.25, 0.3) is 5.56 Å². The summed E-state index contributed by atoms with van der Waals surface area (Å²) in [5.41, 5.74) is 3.19. The van der Waals surface area contributed by atoms with Gasteiger partial charge in [0.1, 0.15) is 4.83 Å². The highest BCUT2D eigenvalue weighted by Crippen LogP contribution is 2.27. The Kier molecular flexibility index (Phi) is 5.48. The van der Waals surface area contributed by atoms with E-state index in [4.69, 9.17) is 0 Å². The number of nitrogens with zero attached hydrogens (tertiary/aromatic N) is 2. The molecule has 3 aromatic rings. The number of carbonyl (C=O) groups excluding carboxylic acids is 1. The van der Waals surface area contributed by atoms with Crippen LogP contribution in [0.5, 0.6) is 0 Å². The number of hydrogen-bond donors (Lipinski definition) is 1. The highest BCUT2D eigenvalue weighted by molar-refractivity contribution is 7.99. The number of fused-ring (bicyclic) bond motifs is 1. The maximum absolute atomic E-state index is 12.6. The zero-order chi connectivity index (χ0) is 18.8. The average Bonchev–Trinajstić information content (AvgIpc) is 2.90. The molecule has 0 radical (unpaired) electrons. The van der Waals surface area contributed by atoms with Gasteiger partial charge in [-0.25, -0.2) is 4.98 Å². The molecule has 0 fully saturated rings. The Morgan fingerprint density at radius 1 is 1.27 bits per heavy atom. The van der Waals surface area contributed by atoms with Gasteiger partial charge in [-0.2, -0.15) is 0 Å². The lowest BCUT2D eigenvalue weighted by atomic mass is 10.1. The zero-order valence-corrected chi connectivity index (χ0v) is 16.9. The van der Waals surface area contributed by atoms with E-state index in [9.17, 15) is 9.59 Å². The van der Waals surface area contributed by atoms with Crippen LogP contribution in [-0.4, -0.2) is 21.2 Å². The van der Waals surface area contributed by atoms with E-state index in [2.05, 4.69) is 10.3 Å². The summed E-state index contributed by atoms with van der Waals surface area (Å²) < 4.78 is 1.53. The number of hydrogen-bond acceptors (Lipinski definition) is 5. The summed E-state index contributed by atoms with van der Waals surface area (Å²) in [5.74, 6) is 0.146. The van der Waals surface area contributed by atoms with Gasteiger partial charge < -0.3 is 5.32 Å². The lowest BCUT2D eigenvalue weighted by molar-refractivity contribution is -0.118. The van der Waals surface area contributed by atoms with Crippen LogP contribution in [0.3, 0.4) is 0 Å². The monoisotopic (exact) mass is 387 g/mol. The lowest BCUT2D eigenvalue weighted by Crippen LogP contribution is -2.26. The molecule has 1 amide bonds. The molecule has 0 aliphatic carbocycles. The van der Waals surface area contributed by atoms with Gasteiger partial charge in [0.15, 0.2) is 5.16 Å². The minimum absolute atomic E-state index is 0.0559. The third-order valence-electron chi connectivity index (χ3n) is 4.44. The number of amides is 1. The highest BCUT2D eigenvalue weighted by Gasteiger charge is 2.15. The Morgan fingerprint density at radius 2 is 2.00 bits per heavy atom. The first-order valence-electron chi connectivity index (χ1n) is 8.29. The van der Waals surface area contributed by atoms with Gasteiger partial charge >= 0.3 is 0 Å². The van der Waals surface area contributed by atoms with Gasteiger partial charge in [0.05, 0.1) is 11.1 Å². The van der Waals surface area contributed by atoms with Crippen molar-refractivity contribution in [3.8, 4) is 0 Å². The predicted molar refractivity (Wildman–Crippen MR) is 108 cm³/mol. The number of aryl methyl sites for hydroxylation is 3. The third-order valence-corrected chi connectivity index (χ3v) is 6.57. The molecular weight excluding hydrogens is 366 g/mol. The van der Waals surface area contributed by atoms with E-state index in [1.807, 2.05) is 45.0 Å². The Morgan fingerprint density at radius 3 is 2.73 bits per heavy atom. The van der Waals surface area contributed by atoms with Crippen LogP contribution in [0.15, 0.2) is 34.2 Å². The molecule has 0 atom stereocenters. The molecule has 136 valence electrons. The van der Waals surface area contributed by atoms with E-state index in [1.54, 1.807) is 7.05 Å². The minimum Gasteiger partial charge on any atom is -0.351 e. The highest BCUT2D eigenvalue weighted by atomic mass is 32.2. The normalized spacial score (nSPS) is 11.1. The molecule has 26 heavy (non-hydrogen) atoms. The van der Waals surface area contributed by atoms with Crippen LogP contribution in [0.1, 0.15) is 21.6 Å². The van der Waals surface area contributed by atoms with Crippen LogP contribution in [0.4, 0.5) is 0 Å². The molecule has 2 aromatic heterocycles. The Labute approximate surface area is 160 Å². The number of thioether (sulfide) groups is 1. The molecule has 1 N–H and O–H groups in total. The van der Waals surface area contributed by atoms with E-state index < -0.39 is 0 Å². The average molecular weight is 388 g/mol. The van der Waals surface area contributed by atoms with Gasteiger partial charge in [-0.15, -0.1) is 11.3 Å². The maximum Gasteiger partial charge on any atom is 0.262 e. The summed E-state index contributed by atoms with van der Waals surface area (Å²) >= 11 is 2.81. The number of rotatable bonds is 5. The molecule has 0 unspecified atom stereocenters. The smallest absolute Gasteiger partial charge is 0.262 e. The second-order valence-corrected chi connectivity index (χ2v) is 8.36. The topological polar surface area (TPSA) is 64.0 Å². The molecule has 7 heteroatoms. The fourth-order valence-corrected chi connectivity index (χ4v) is 4.54. The molecule has 5 nitrogen and oxygen atoms in total. The van der Waals surface area contributed by atoms with Crippen molar-refractivity contribution >= 4 is 39.2 Å². The van der Waals surface area contributed by atoms with Crippen molar-refractivity contribution < 1.29 is 4.79 Å². The van der Waals surface area contributed by atoms with Crippen molar-refractivity contribution in [1.82, 2.24) is 14.9 Å². The quantitative estimate of drug-likeness (QED) is 0.539. The second-order valence-electron chi connectivity index (χ2n) is 6.21. The van der Waals surface area contributed by atoms with Gasteiger partial charge in [0.2, 0.25) is 5.91 Å². The van der Waals surface area contributed by atoms with Gasteiger partial charge in [-0.3, -0.25) is 14.2 Å². The molecule has 3 rings (SSSR count). The Bertz CT molecular complexity index is 1040. The summed E-state index contributed by atoms with van der Waals surface area (Å²) in [6.45, 7) is 6.47. The number of benzene rings is 1. The van der Waals surface area contributed by atoms with E-state index in [1.165, 1.54) is 27.7 Å². The fourth-order valence-electron chi connectivity index (χ4n) is 2.67. The Hall–Kier alpha value is -2.12. The van der Waals surface area contributed by atoms with Crippen LogP contribution < -0.4 is 10.9 Å². The minimum atomic E-state index is -0.0776. The van der Waals surface area contributed by atoms with Gasteiger partial charge in [-0.1, -0.05) is 36.0 Å². The van der Waals surface area contributed by atoms with Crippen molar-refractivity contribution in [2.45, 2.75) is 32.5 Å². The number of aromatic nitrogens is 2. The first kappa shape index (κ1) is 18.7. The van der Waals surface area contributed by atoms with Crippen molar-refractivity contribution in [3.63, 3.8) is 0 Å². The van der Waals surface area contributed by atoms with Crippen LogP contribution >= 0.6 is 23.1 Å². The van der Waals surface area contributed by atoms with Crippen LogP contribution in [0, 0.1) is 20.8 Å². The molecule has 0 spiro atoms. The molecule has 0 saturated heterocycles. The second kappa shape index (κ2) is 7.63.